The zero-order valence-electron chi connectivity index (χ0n) is 8.17. The van der Waals surface area contributed by atoms with Crippen LogP contribution >= 0.6 is 0 Å². The number of rotatable bonds is 1. The van der Waals surface area contributed by atoms with Gasteiger partial charge in [0.1, 0.15) is 11.3 Å². The molecule has 0 amide bonds. The van der Waals surface area contributed by atoms with Crippen molar-refractivity contribution in [1.29, 1.82) is 0 Å². The van der Waals surface area contributed by atoms with Crippen LogP contribution in [0.25, 0.3) is 11.0 Å². The third-order valence-electron chi connectivity index (χ3n) is 2.24. The summed E-state index contributed by atoms with van der Waals surface area (Å²) in [5.41, 5.74) is 6.01. The average Bonchev–Trinajstić information content (AvgIpc) is 2.45. The first kappa shape index (κ1) is 9.06. The first-order valence-electron chi connectivity index (χ1n) is 4.44. The summed E-state index contributed by atoms with van der Waals surface area (Å²) in [6, 6.07) is 5.22. The molecule has 0 aliphatic carbocycles. The van der Waals surface area contributed by atoms with Crippen molar-refractivity contribution in [2.24, 2.45) is 0 Å². The van der Waals surface area contributed by atoms with Gasteiger partial charge in [0.05, 0.1) is 6.26 Å². The van der Waals surface area contributed by atoms with E-state index in [0.29, 0.717) is 16.8 Å². The van der Waals surface area contributed by atoms with Gasteiger partial charge in [-0.05, 0) is 26.0 Å². The third-order valence-corrected chi connectivity index (χ3v) is 2.24. The van der Waals surface area contributed by atoms with Crippen LogP contribution in [0.3, 0.4) is 0 Å². The number of nitrogen functional groups attached to an aromatic ring is 1. The Hall–Kier alpha value is -1.51. The second-order valence-corrected chi connectivity index (χ2v) is 3.88. The summed E-state index contributed by atoms with van der Waals surface area (Å²) in [5.74, 6) is 0. The molecule has 1 heterocycles. The van der Waals surface area contributed by atoms with Gasteiger partial charge in [0, 0.05) is 22.7 Å². The van der Waals surface area contributed by atoms with Crippen molar-refractivity contribution in [3.63, 3.8) is 0 Å². The molecule has 14 heavy (non-hydrogen) atoms. The number of alkyl halides is 1. The minimum atomic E-state index is -1.39. The SMILES string of the molecule is CC(C)(F)c1coc2cc(N)ccc12. The minimum absolute atomic E-state index is 0.563. The van der Waals surface area contributed by atoms with Gasteiger partial charge in [-0.15, -0.1) is 0 Å². The van der Waals surface area contributed by atoms with Crippen LogP contribution in [0.4, 0.5) is 10.1 Å². The molecule has 74 valence electrons. The lowest BCUT2D eigenvalue weighted by molar-refractivity contribution is 0.222. The lowest BCUT2D eigenvalue weighted by Gasteiger charge is -2.11. The fourth-order valence-corrected chi connectivity index (χ4v) is 1.51. The molecule has 0 aliphatic rings. The van der Waals surface area contributed by atoms with Gasteiger partial charge in [0.15, 0.2) is 0 Å². The molecular formula is C11H12FNO. The van der Waals surface area contributed by atoms with Crippen molar-refractivity contribution in [3.05, 3.63) is 30.0 Å². The van der Waals surface area contributed by atoms with Crippen molar-refractivity contribution in [1.82, 2.24) is 0 Å². The Morgan fingerprint density at radius 3 is 2.71 bits per heavy atom. The van der Waals surface area contributed by atoms with Gasteiger partial charge in [0.25, 0.3) is 0 Å². The summed E-state index contributed by atoms with van der Waals surface area (Å²) < 4.78 is 18.9. The third kappa shape index (κ3) is 1.35. The summed E-state index contributed by atoms with van der Waals surface area (Å²) in [6.45, 7) is 3.02. The first-order valence-corrected chi connectivity index (χ1v) is 4.44. The minimum Gasteiger partial charge on any atom is -0.464 e. The quantitative estimate of drug-likeness (QED) is 0.706. The number of hydrogen-bond acceptors (Lipinski definition) is 2. The second kappa shape index (κ2) is 2.74. The Morgan fingerprint density at radius 2 is 2.07 bits per heavy atom. The maximum absolute atomic E-state index is 13.7. The molecule has 1 aromatic heterocycles. The number of fused-ring (bicyclic) bond motifs is 1. The number of anilines is 1. The molecule has 0 bridgehead atoms. The van der Waals surface area contributed by atoms with Gasteiger partial charge in [-0.2, -0.15) is 0 Å². The second-order valence-electron chi connectivity index (χ2n) is 3.88. The normalized spacial score (nSPS) is 12.2. The van der Waals surface area contributed by atoms with E-state index in [-0.39, 0.29) is 0 Å². The van der Waals surface area contributed by atoms with Crippen molar-refractivity contribution in [2.45, 2.75) is 19.5 Å². The highest BCUT2D eigenvalue weighted by Gasteiger charge is 2.23. The fraction of sp³-hybridized carbons (Fsp3) is 0.273. The Morgan fingerprint density at radius 1 is 1.36 bits per heavy atom. The molecule has 0 unspecified atom stereocenters. The van der Waals surface area contributed by atoms with E-state index >= 15 is 0 Å². The summed E-state index contributed by atoms with van der Waals surface area (Å²) in [4.78, 5) is 0. The van der Waals surface area contributed by atoms with Crippen molar-refractivity contribution < 1.29 is 8.81 Å². The molecule has 0 atom stereocenters. The summed E-state index contributed by atoms with van der Waals surface area (Å²) in [5, 5.41) is 0.784. The maximum atomic E-state index is 13.7. The summed E-state index contributed by atoms with van der Waals surface area (Å²) in [7, 11) is 0. The van der Waals surface area contributed by atoms with Crippen LogP contribution in [0.15, 0.2) is 28.9 Å². The highest BCUT2D eigenvalue weighted by Crippen LogP contribution is 2.33. The monoisotopic (exact) mass is 193 g/mol. The van der Waals surface area contributed by atoms with Crippen molar-refractivity contribution in [3.8, 4) is 0 Å². The molecule has 0 fully saturated rings. The molecule has 0 saturated heterocycles. The van der Waals surface area contributed by atoms with Crippen LogP contribution in [0, 0.1) is 0 Å². The number of hydrogen-bond donors (Lipinski definition) is 1. The van der Waals surface area contributed by atoms with Gasteiger partial charge in [-0.3, -0.25) is 0 Å². The predicted molar refractivity (Wildman–Crippen MR) is 54.8 cm³/mol. The van der Waals surface area contributed by atoms with E-state index in [2.05, 4.69) is 0 Å². The Labute approximate surface area is 81.5 Å². The smallest absolute Gasteiger partial charge is 0.136 e. The van der Waals surface area contributed by atoms with Crippen LogP contribution in [-0.4, -0.2) is 0 Å². The lowest BCUT2D eigenvalue weighted by Crippen LogP contribution is -2.07. The molecule has 0 saturated carbocycles. The van der Waals surface area contributed by atoms with Crippen LogP contribution in [0.1, 0.15) is 19.4 Å². The number of nitrogens with two attached hydrogens (primary N) is 1. The Balaban J connectivity index is 2.70. The van der Waals surface area contributed by atoms with Gasteiger partial charge >= 0.3 is 0 Å². The number of benzene rings is 1. The van der Waals surface area contributed by atoms with Crippen LogP contribution < -0.4 is 5.73 Å². The van der Waals surface area contributed by atoms with Crippen LogP contribution in [0.5, 0.6) is 0 Å². The zero-order chi connectivity index (χ0) is 10.3. The molecule has 3 heteroatoms. The van der Waals surface area contributed by atoms with Crippen LogP contribution in [-0.2, 0) is 5.67 Å². The van der Waals surface area contributed by atoms with E-state index in [0.717, 1.165) is 5.39 Å². The van der Waals surface area contributed by atoms with Gasteiger partial charge < -0.3 is 10.2 Å². The van der Waals surface area contributed by atoms with Gasteiger partial charge in [0.2, 0.25) is 0 Å². The van der Waals surface area contributed by atoms with E-state index in [1.54, 1.807) is 18.2 Å². The highest BCUT2D eigenvalue weighted by atomic mass is 19.1. The van der Waals surface area contributed by atoms with E-state index < -0.39 is 5.67 Å². The molecule has 0 radical (unpaired) electrons. The molecule has 1 aromatic carbocycles. The van der Waals surface area contributed by atoms with E-state index in [9.17, 15) is 4.39 Å². The standard InChI is InChI=1S/C11H12FNO/c1-11(2,12)9-6-14-10-5-7(13)3-4-8(9)10/h3-6H,13H2,1-2H3. The molecule has 2 rings (SSSR count). The Bertz CT molecular complexity index is 468. The van der Waals surface area contributed by atoms with Crippen LogP contribution in [0.2, 0.25) is 0 Å². The largest absolute Gasteiger partial charge is 0.464 e. The molecular weight excluding hydrogens is 181 g/mol. The van der Waals surface area contributed by atoms with E-state index in [1.807, 2.05) is 0 Å². The zero-order valence-corrected chi connectivity index (χ0v) is 8.17. The van der Waals surface area contributed by atoms with Gasteiger partial charge in [-0.25, -0.2) is 4.39 Å². The van der Waals surface area contributed by atoms with Crippen molar-refractivity contribution >= 4 is 16.7 Å². The first-order chi connectivity index (χ1) is 6.48. The maximum Gasteiger partial charge on any atom is 0.136 e. The predicted octanol–water partition coefficient (Wildman–Crippen LogP) is 3.22. The summed E-state index contributed by atoms with van der Waals surface area (Å²) in [6.07, 6.45) is 1.45. The summed E-state index contributed by atoms with van der Waals surface area (Å²) >= 11 is 0. The lowest BCUT2D eigenvalue weighted by atomic mass is 9.99. The molecule has 2 N–H and O–H groups in total. The average molecular weight is 193 g/mol. The molecule has 0 spiro atoms. The Kier molecular flexibility index (Phi) is 1.77. The van der Waals surface area contributed by atoms with E-state index in [1.165, 1.54) is 20.1 Å². The van der Waals surface area contributed by atoms with Gasteiger partial charge in [-0.1, -0.05) is 0 Å². The highest BCUT2D eigenvalue weighted by molar-refractivity contribution is 5.84. The molecule has 0 aliphatic heterocycles. The molecule has 2 nitrogen and oxygen atoms in total. The fourth-order valence-electron chi connectivity index (χ4n) is 1.51. The van der Waals surface area contributed by atoms with E-state index in [4.69, 9.17) is 10.2 Å². The topological polar surface area (TPSA) is 39.2 Å². The number of furan rings is 1. The molecule has 2 aromatic rings. The number of halogens is 1. The van der Waals surface area contributed by atoms with Crippen molar-refractivity contribution in [2.75, 3.05) is 5.73 Å².